The Morgan fingerprint density at radius 1 is 0.933 bits per heavy atom. The van der Waals surface area contributed by atoms with Gasteiger partial charge >= 0.3 is 5.97 Å². The maximum absolute atomic E-state index is 13.3. The molecule has 0 spiro atoms. The van der Waals surface area contributed by atoms with E-state index in [-0.39, 0.29) is 27.8 Å². The van der Waals surface area contributed by atoms with Gasteiger partial charge in [0.15, 0.2) is 0 Å². The molecule has 0 aromatic heterocycles. The highest BCUT2D eigenvalue weighted by atomic mass is 16.7. The van der Waals surface area contributed by atoms with E-state index in [0.717, 1.165) is 54.3 Å². The fourth-order valence-electron chi connectivity index (χ4n) is 9.97. The molecule has 8 saturated carbocycles. The molecule has 8 aliphatic rings. The zero-order valence-electron chi connectivity index (χ0n) is 20.0. The third-order valence-electron chi connectivity index (χ3n) is 10.8. The standard InChI is InChI=1S/C27H42O3/c1-15(29-23(28)27(13-24(2,3)4)14-25(27,5)6)30-26-10-20-17-7-16-8-18(20)22(12-26)19(9-16)21(17)11-26/h15-22H,7-14H2,1-6H3. The van der Waals surface area contributed by atoms with Crippen LogP contribution in [0.4, 0.5) is 0 Å². The molecule has 8 rings (SSSR count). The molecule has 0 aliphatic heterocycles. The molecule has 2 unspecified atom stereocenters. The van der Waals surface area contributed by atoms with E-state index in [4.69, 9.17) is 9.47 Å². The summed E-state index contributed by atoms with van der Waals surface area (Å²) >= 11 is 0. The highest BCUT2D eigenvalue weighted by Crippen LogP contribution is 2.73. The van der Waals surface area contributed by atoms with Gasteiger partial charge in [-0.2, -0.15) is 0 Å². The highest BCUT2D eigenvalue weighted by Gasteiger charge is 2.69. The number of esters is 1. The van der Waals surface area contributed by atoms with Gasteiger partial charge in [-0.1, -0.05) is 34.6 Å². The Balaban J connectivity index is 1.16. The lowest BCUT2D eigenvalue weighted by Gasteiger charge is -2.72. The summed E-state index contributed by atoms with van der Waals surface area (Å²) in [6.07, 6.45) is 9.60. The van der Waals surface area contributed by atoms with E-state index in [1.54, 1.807) is 0 Å². The van der Waals surface area contributed by atoms with Crippen LogP contribution in [0.15, 0.2) is 0 Å². The summed E-state index contributed by atoms with van der Waals surface area (Å²) < 4.78 is 12.8. The van der Waals surface area contributed by atoms with Crippen LogP contribution in [0.2, 0.25) is 0 Å². The largest absolute Gasteiger partial charge is 0.436 e. The molecule has 0 N–H and O–H groups in total. The van der Waals surface area contributed by atoms with Crippen LogP contribution in [0.3, 0.4) is 0 Å². The summed E-state index contributed by atoms with van der Waals surface area (Å²) in [5.74, 6) is 6.68. The van der Waals surface area contributed by atoms with E-state index in [0.29, 0.717) is 0 Å². The normalized spacial score (nSPS) is 52.5. The molecule has 0 aromatic carbocycles. The van der Waals surface area contributed by atoms with Crippen LogP contribution in [-0.4, -0.2) is 17.9 Å². The zero-order chi connectivity index (χ0) is 21.3. The van der Waals surface area contributed by atoms with Gasteiger partial charge in [-0.25, -0.2) is 0 Å². The Kier molecular flexibility index (Phi) is 3.92. The van der Waals surface area contributed by atoms with Crippen molar-refractivity contribution in [1.82, 2.24) is 0 Å². The van der Waals surface area contributed by atoms with Gasteiger partial charge in [-0.05, 0) is 111 Å². The van der Waals surface area contributed by atoms with Crippen molar-refractivity contribution in [2.75, 3.05) is 0 Å². The topological polar surface area (TPSA) is 35.5 Å². The van der Waals surface area contributed by atoms with Crippen molar-refractivity contribution < 1.29 is 14.3 Å². The SMILES string of the molecule is CC(OC(=O)C1(CC(C)(C)C)CC1(C)C)OC12CC3C4CC5CC3C(C1)C(C5)C4C2. The first-order valence-corrected chi connectivity index (χ1v) is 12.8. The van der Waals surface area contributed by atoms with Crippen molar-refractivity contribution in [3.8, 4) is 0 Å². The van der Waals surface area contributed by atoms with Gasteiger partial charge < -0.3 is 9.47 Å². The van der Waals surface area contributed by atoms with Crippen LogP contribution in [0.1, 0.15) is 92.9 Å². The number of carbonyl (C=O) groups excluding carboxylic acids is 1. The molecular formula is C27H42O3. The third-order valence-corrected chi connectivity index (χ3v) is 10.8. The van der Waals surface area contributed by atoms with Gasteiger partial charge in [0.1, 0.15) is 0 Å². The summed E-state index contributed by atoms with van der Waals surface area (Å²) in [7, 11) is 0. The molecule has 30 heavy (non-hydrogen) atoms. The van der Waals surface area contributed by atoms with Crippen molar-refractivity contribution in [1.29, 1.82) is 0 Å². The van der Waals surface area contributed by atoms with Gasteiger partial charge in [0.05, 0.1) is 11.0 Å². The van der Waals surface area contributed by atoms with Crippen LogP contribution in [0.5, 0.6) is 0 Å². The molecule has 8 fully saturated rings. The lowest BCUT2D eigenvalue weighted by Crippen LogP contribution is -2.68. The van der Waals surface area contributed by atoms with Crippen molar-refractivity contribution in [3.05, 3.63) is 0 Å². The van der Waals surface area contributed by atoms with Crippen LogP contribution < -0.4 is 0 Å². The van der Waals surface area contributed by atoms with E-state index in [2.05, 4.69) is 34.6 Å². The smallest absolute Gasteiger partial charge is 0.314 e. The molecule has 2 atom stereocenters. The molecule has 8 bridgehead atoms. The molecule has 0 saturated heterocycles. The van der Waals surface area contributed by atoms with E-state index in [1.165, 1.54) is 38.5 Å². The predicted molar refractivity (Wildman–Crippen MR) is 116 cm³/mol. The predicted octanol–water partition coefficient (Wildman–Crippen LogP) is 6.21. The summed E-state index contributed by atoms with van der Waals surface area (Å²) in [4.78, 5) is 13.3. The molecule has 3 heteroatoms. The van der Waals surface area contributed by atoms with Crippen molar-refractivity contribution >= 4 is 5.97 Å². The van der Waals surface area contributed by atoms with Gasteiger partial charge in [0, 0.05) is 0 Å². The quantitative estimate of drug-likeness (QED) is 0.396. The van der Waals surface area contributed by atoms with Gasteiger partial charge in [-0.3, -0.25) is 4.79 Å². The van der Waals surface area contributed by atoms with Gasteiger partial charge in [0.25, 0.3) is 0 Å². The van der Waals surface area contributed by atoms with Crippen molar-refractivity contribution in [2.24, 2.45) is 57.7 Å². The summed E-state index contributed by atoms with van der Waals surface area (Å²) in [6, 6.07) is 0. The van der Waals surface area contributed by atoms with Crippen molar-refractivity contribution in [3.63, 3.8) is 0 Å². The molecule has 0 radical (unpaired) electrons. The Morgan fingerprint density at radius 3 is 1.80 bits per heavy atom. The molecule has 168 valence electrons. The lowest BCUT2D eigenvalue weighted by molar-refractivity contribution is -0.301. The second kappa shape index (κ2) is 5.86. The third kappa shape index (κ3) is 2.69. The van der Waals surface area contributed by atoms with Crippen LogP contribution in [-0.2, 0) is 14.3 Å². The van der Waals surface area contributed by atoms with E-state index < -0.39 is 6.29 Å². The molecule has 0 amide bonds. The summed E-state index contributed by atoms with van der Waals surface area (Å²) in [5, 5.41) is 0. The molecule has 3 nitrogen and oxygen atoms in total. The Hall–Kier alpha value is -0.570. The fourth-order valence-corrected chi connectivity index (χ4v) is 9.97. The Bertz CT molecular complexity index is 700. The Morgan fingerprint density at radius 2 is 1.40 bits per heavy atom. The second-order valence-corrected chi connectivity index (χ2v) is 14.3. The zero-order valence-corrected chi connectivity index (χ0v) is 20.0. The summed E-state index contributed by atoms with van der Waals surface area (Å²) in [5.41, 5.74) is -0.183. The van der Waals surface area contributed by atoms with Gasteiger partial charge in [-0.15, -0.1) is 0 Å². The van der Waals surface area contributed by atoms with Gasteiger partial charge in [0.2, 0.25) is 6.29 Å². The monoisotopic (exact) mass is 414 g/mol. The number of ether oxygens (including phenoxy) is 2. The number of hydrogen-bond acceptors (Lipinski definition) is 3. The Labute approximate surface area is 183 Å². The van der Waals surface area contributed by atoms with E-state index in [9.17, 15) is 4.79 Å². The maximum atomic E-state index is 13.3. The fraction of sp³-hybridized carbons (Fsp3) is 0.963. The number of rotatable bonds is 5. The molecule has 8 aliphatic carbocycles. The minimum Gasteiger partial charge on any atom is -0.436 e. The van der Waals surface area contributed by atoms with Crippen LogP contribution >= 0.6 is 0 Å². The van der Waals surface area contributed by atoms with E-state index >= 15 is 0 Å². The number of hydrogen-bond donors (Lipinski definition) is 0. The van der Waals surface area contributed by atoms with E-state index in [1.807, 2.05) is 6.92 Å². The first-order valence-electron chi connectivity index (χ1n) is 12.8. The minimum absolute atomic E-state index is 0.0103. The second-order valence-electron chi connectivity index (χ2n) is 14.3. The first-order chi connectivity index (χ1) is 13.9. The average Bonchev–Trinajstić information content (AvgIpc) is 3.17. The summed E-state index contributed by atoms with van der Waals surface area (Å²) in [6.45, 7) is 13.1. The maximum Gasteiger partial charge on any atom is 0.314 e. The molecule has 0 aromatic rings. The average molecular weight is 415 g/mol. The molecular weight excluding hydrogens is 372 g/mol. The molecule has 0 heterocycles. The van der Waals surface area contributed by atoms with Crippen molar-refractivity contribution in [2.45, 2.75) is 105 Å². The number of carbonyl (C=O) groups is 1. The highest BCUT2D eigenvalue weighted by molar-refractivity contribution is 5.82. The minimum atomic E-state index is -0.420. The van der Waals surface area contributed by atoms with Crippen LogP contribution in [0, 0.1) is 57.7 Å². The lowest BCUT2D eigenvalue weighted by atomic mass is 9.35. The first kappa shape index (κ1) is 20.1. The van der Waals surface area contributed by atoms with Crippen LogP contribution in [0.25, 0.3) is 0 Å².